The maximum atomic E-state index is 11.2. The van der Waals surface area contributed by atoms with Crippen LogP contribution in [0.25, 0.3) is 66.2 Å². The van der Waals surface area contributed by atoms with Crippen LogP contribution in [-0.4, -0.2) is 24.4 Å². The van der Waals surface area contributed by atoms with Gasteiger partial charge in [0.25, 0.3) is 0 Å². The van der Waals surface area contributed by atoms with Crippen LogP contribution in [0.1, 0.15) is 4.88 Å². The Morgan fingerprint density at radius 2 is 1.55 bits per heavy atom. The van der Waals surface area contributed by atoms with Crippen LogP contribution < -0.4 is 0 Å². The molecular formula is C32H18N4O2S2. The van der Waals surface area contributed by atoms with Gasteiger partial charge in [-0.15, -0.1) is 11.3 Å². The number of carboxylic acids is 1. The van der Waals surface area contributed by atoms with Crippen molar-refractivity contribution in [1.82, 2.24) is 13.3 Å². The highest BCUT2D eigenvalue weighted by Crippen LogP contribution is 2.40. The Balaban J connectivity index is 1.36. The number of fused-ring (bicyclic) bond motifs is 4. The van der Waals surface area contributed by atoms with Gasteiger partial charge in [-0.1, -0.05) is 54.6 Å². The first-order chi connectivity index (χ1) is 19.6. The van der Waals surface area contributed by atoms with Gasteiger partial charge in [-0.3, -0.25) is 0 Å². The summed E-state index contributed by atoms with van der Waals surface area (Å²) in [7, 11) is 0. The first-order valence-electron chi connectivity index (χ1n) is 12.4. The third-order valence-corrected chi connectivity index (χ3v) is 8.54. The zero-order valence-corrected chi connectivity index (χ0v) is 22.4. The normalized spacial score (nSPS) is 11.8. The summed E-state index contributed by atoms with van der Waals surface area (Å²) in [6.45, 7) is 0. The highest BCUT2D eigenvalue weighted by atomic mass is 32.1. The van der Waals surface area contributed by atoms with Crippen molar-refractivity contribution < 1.29 is 9.90 Å². The first-order valence-corrected chi connectivity index (χ1v) is 14.0. The lowest BCUT2D eigenvalue weighted by Gasteiger charge is -2.09. The molecule has 0 radical (unpaired) electrons. The van der Waals surface area contributed by atoms with E-state index in [2.05, 4.69) is 86.1 Å². The maximum absolute atomic E-state index is 11.2. The zero-order chi connectivity index (χ0) is 27.2. The van der Waals surface area contributed by atoms with Crippen LogP contribution in [0.4, 0.5) is 0 Å². The number of para-hydroxylation sites is 2. The number of rotatable bonds is 5. The standard InChI is InChI=1S/C32H18N4O2S2/c33-18-20(32(37)38)16-22-11-15-29(39-22)25-13-12-23(30-31(25)35-40-34-30)19-10-14-28-26(17-19)24-8-4-5-9-27(24)36(28)21-6-2-1-3-7-21/h1-17H,(H,37,38)/b20-16+. The summed E-state index contributed by atoms with van der Waals surface area (Å²) in [5.74, 6) is -1.24. The summed E-state index contributed by atoms with van der Waals surface area (Å²) in [6.07, 6.45) is 1.39. The second-order valence-corrected chi connectivity index (χ2v) is 10.9. The van der Waals surface area contributed by atoms with Crippen molar-refractivity contribution in [2.45, 2.75) is 0 Å². The molecule has 40 heavy (non-hydrogen) atoms. The van der Waals surface area contributed by atoms with Crippen molar-refractivity contribution >= 4 is 67.9 Å². The Labute approximate surface area is 236 Å². The summed E-state index contributed by atoms with van der Waals surface area (Å²) in [5, 5.41) is 20.6. The number of thiophene rings is 1. The molecule has 3 aromatic heterocycles. The summed E-state index contributed by atoms with van der Waals surface area (Å²) in [4.78, 5) is 12.9. The number of hydrogen-bond acceptors (Lipinski definition) is 6. The van der Waals surface area contributed by atoms with Crippen LogP contribution >= 0.6 is 23.1 Å². The van der Waals surface area contributed by atoms with Crippen LogP contribution in [0.3, 0.4) is 0 Å². The maximum Gasteiger partial charge on any atom is 0.346 e. The van der Waals surface area contributed by atoms with Gasteiger partial charge < -0.3 is 9.67 Å². The van der Waals surface area contributed by atoms with E-state index < -0.39 is 5.97 Å². The summed E-state index contributed by atoms with van der Waals surface area (Å²) < 4.78 is 11.6. The fraction of sp³-hybridized carbons (Fsp3) is 0. The minimum Gasteiger partial charge on any atom is -0.477 e. The lowest BCUT2D eigenvalue weighted by molar-refractivity contribution is -0.132. The van der Waals surface area contributed by atoms with E-state index >= 15 is 0 Å². The average Bonchev–Trinajstić information content (AvgIpc) is 3.73. The number of carboxylic acid groups (broad SMARTS) is 1. The lowest BCUT2D eigenvalue weighted by Crippen LogP contribution is -1.96. The molecule has 8 heteroatoms. The van der Waals surface area contributed by atoms with Gasteiger partial charge in [0.1, 0.15) is 22.7 Å². The van der Waals surface area contributed by atoms with Crippen molar-refractivity contribution in [3.63, 3.8) is 0 Å². The highest BCUT2D eigenvalue weighted by molar-refractivity contribution is 7.16. The molecule has 1 N–H and O–H groups in total. The molecule has 0 spiro atoms. The van der Waals surface area contributed by atoms with E-state index in [0.717, 1.165) is 49.3 Å². The number of carbonyl (C=O) groups is 1. The molecule has 0 saturated carbocycles. The molecule has 0 bridgehead atoms. The van der Waals surface area contributed by atoms with Crippen molar-refractivity contribution in [1.29, 1.82) is 5.26 Å². The summed E-state index contributed by atoms with van der Waals surface area (Å²) in [6, 6.07) is 35.0. The van der Waals surface area contributed by atoms with E-state index in [1.807, 2.05) is 24.3 Å². The number of benzene rings is 4. The van der Waals surface area contributed by atoms with Gasteiger partial charge >= 0.3 is 5.97 Å². The van der Waals surface area contributed by atoms with E-state index in [9.17, 15) is 9.90 Å². The van der Waals surface area contributed by atoms with Gasteiger partial charge in [-0.05, 0) is 54.1 Å². The Kier molecular flexibility index (Phi) is 5.74. The molecular weight excluding hydrogens is 537 g/mol. The first kappa shape index (κ1) is 24.0. The molecule has 190 valence electrons. The lowest BCUT2D eigenvalue weighted by atomic mass is 9.99. The fourth-order valence-electron chi connectivity index (χ4n) is 5.15. The van der Waals surface area contributed by atoms with E-state index in [1.165, 1.54) is 39.9 Å². The molecule has 0 saturated heterocycles. The van der Waals surface area contributed by atoms with E-state index in [4.69, 9.17) is 5.26 Å². The Bertz CT molecular complexity index is 2160. The van der Waals surface area contributed by atoms with Gasteiger partial charge in [0.15, 0.2) is 0 Å². The SMILES string of the molecule is N#C/C(=C\c1ccc(-c2ccc(-c3ccc4c(c3)c3ccccc3n4-c3ccccc3)c3nsnc23)s1)C(=O)O. The van der Waals surface area contributed by atoms with Crippen molar-refractivity contribution in [2.24, 2.45) is 0 Å². The minimum atomic E-state index is -1.24. The van der Waals surface area contributed by atoms with E-state index in [1.54, 1.807) is 6.07 Å². The number of nitriles is 1. The topological polar surface area (TPSA) is 91.8 Å². The third-order valence-electron chi connectivity index (χ3n) is 6.94. The molecule has 0 aliphatic heterocycles. The number of aliphatic carboxylic acids is 1. The fourth-order valence-corrected chi connectivity index (χ4v) is 6.70. The molecule has 0 aliphatic carbocycles. The van der Waals surface area contributed by atoms with E-state index in [-0.39, 0.29) is 5.57 Å². The molecule has 0 fully saturated rings. The summed E-state index contributed by atoms with van der Waals surface area (Å²) in [5.41, 5.74) is 7.71. The van der Waals surface area contributed by atoms with Crippen LogP contribution in [-0.2, 0) is 4.79 Å². The molecule has 0 aliphatic rings. The number of aromatic nitrogens is 3. The van der Waals surface area contributed by atoms with Crippen molar-refractivity contribution in [2.75, 3.05) is 0 Å². The Morgan fingerprint density at radius 1 is 0.825 bits per heavy atom. The Morgan fingerprint density at radius 3 is 2.35 bits per heavy atom. The molecule has 0 unspecified atom stereocenters. The quantitative estimate of drug-likeness (QED) is 0.171. The molecule has 6 nitrogen and oxygen atoms in total. The molecule has 3 heterocycles. The van der Waals surface area contributed by atoms with Crippen LogP contribution in [0, 0.1) is 11.3 Å². The third kappa shape index (κ3) is 3.88. The molecule has 0 amide bonds. The van der Waals surface area contributed by atoms with Gasteiger partial charge in [-0.25, -0.2) is 4.79 Å². The van der Waals surface area contributed by atoms with Crippen LogP contribution in [0.2, 0.25) is 0 Å². The summed E-state index contributed by atoms with van der Waals surface area (Å²) >= 11 is 2.59. The smallest absolute Gasteiger partial charge is 0.346 e. The van der Waals surface area contributed by atoms with Gasteiger partial charge in [0.2, 0.25) is 0 Å². The van der Waals surface area contributed by atoms with Crippen molar-refractivity contribution in [3.05, 3.63) is 108 Å². The van der Waals surface area contributed by atoms with Gasteiger partial charge in [0, 0.05) is 37.3 Å². The van der Waals surface area contributed by atoms with Crippen LogP contribution in [0.15, 0.2) is 103 Å². The minimum absolute atomic E-state index is 0.298. The predicted molar refractivity (Wildman–Crippen MR) is 162 cm³/mol. The van der Waals surface area contributed by atoms with Crippen LogP contribution in [0.5, 0.6) is 0 Å². The molecule has 7 rings (SSSR count). The zero-order valence-electron chi connectivity index (χ0n) is 20.8. The molecule has 0 atom stereocenters. The monoisotopic (exact) mass is 554 g/mol. The van der Waals surface area contributed by atoms with Gasteiger partial charge in [0.05, 0.1) is 22.8 Å². The number of hydrogen-bond donors (Lipinski definition) is 1. The highest BCUT2D eigenvalue weighted by Gasteiger charge is 2.17. The largest absolute Gasteiger partial charge is 0.477 e. The Hall–Kier alpha value is -5.10. The molecule has 7 aromatic rings. The number of nitrogens with zero attached hydrogens (tertiary/aromatic N) is 4. The van der Waals surface area contributed by atoms with Gasteiger partial charge in [-0.2, -0.15) is 14.0 Å². The molecule has 4 aromatic carbocycles. The second kappa shape index (κ2) is 9.58. The second-order valence-electron chi connectivity index (χ2n) is 9.22. The van der Waals surface area contributed by atoms with E-state index in [0.29, 0.717) is 4.88 Å². The predicted octanol–water partition coefficient (Wildman–Crippen LogP) is 8.18. The van der Waals surface area contributed by atoms with Crippen molar-refractivity contribution in [3.8, 4) is 33.3 Å². The average molecular weight is 555 g/mol.